The van der Waals surface area contributed by atoms with Gasteiger partial charge in [0, 0.05) is 55.7 Å². The molecule has 0 saturated carbocycles. The predicted octanol–water partition coefficient (Wildman–Crippen LogP) is 14.1. The molecule has 61 heavy (non-hydrogen) atoms. The number of anilines is 1. The molecule has 5 nitrogen and oxygen atoms in total. The minimum atomic E-state index is 0.368. The summed E-state index contributed by atoms with van der Waals surface area (Å²) in [6, 6.07) is 71.6. The maximum Gasteiger partial charge on any atom is 0.129 e. The molecule has 0 spiro atoms. The molecule has 2 aromatic heterocycles. The second-order valence-corrected chi connectivity index (χ2v) is 15.8. The van der Waals surface area contributed by atoms with Crippen molar-refractivity contribution in [3.63, 3.8) is 0 Å². The summed E-state index contributed by atoms with van der Waals surface area (Å²) in [5.74, 6) is 0.368. The van der Waals surface area contributed by atoms with Gasteiger partial charge in [0.15, 0.2) is 0 Å². The van der Waals surface area contributed by atoms with Gasteiger partial charge < -0.3 is 19.8 Å². The van der Waals surface area contributed by atoms with E-state index in [1.165, 1.54) is 76.9 Å². The summed E-state index contributed by atoms with van der Waals surface area (Å²) >= 11 is 0. The standard InChI is InChI=1S/C47H30N4.C9H13N/c48-47(30-13-2-1-3-14-30)49-31-15-10-16-32(26-31)50-42-25-24-29-12-4-5-17-33(29)45(42)40-28-43-39(27-44(40)50)35-19-7-6-18-34(35)37-21-11-22-38-36-20-8-9-23-41(36)51(43)46(37)38;1-8(10-2)9-6-4-3-5-7-9/h1-28H,(H2,48,49);3-8,10H,1-2H3. The molecule has 1 unspecified atom stereocenters. The van der Waals surface area contributed by atoms with Crippen LogP contribution in [0.3, 0.4) is 0 Å². The summed E-state index contributed by atoms with van der Waals surface area (Å²) in [4.78, 5) is 0. The molecule has 11 aromatic rings. The lowest BCUT2D eigenvalue weighted by Gasteiger charge is -2.15. The number of amidine groups is 1. The number of para-hydroxylation sites is 2. The van der Waals surface area contributed by atoms with Crippen molar-refractivity contribution in [1.82, 2.24) is 14.5 Å². The Bertz CT molecular complexity index is 3470. The Morgan fingerprint density at radius 2 is 1.15 bits per heavy atom. The molecule has 1 aliphatic heterocycles. The Morgan fingerprint density at radius 1 is 0.492 bits per heavy atom. The first-order chi connectivity index (χ1) is 30.1. The maximum absolute atomic E-state index is 8.79. The highest BCUT2D eigenvalue weighted by molar-refractivity contribution is 6.24. The SMILES string of the molecule is CNC(C)c1ccccc1.N=C(Nc1cccc(-n2c3cc4c(cc3c3c5ccccc5ccc32)-n2c3ccccc3c3cccc(c32)-c2ccccc2-4)c1)c1ccccc1. The quantitative estimate of drug-likeness (QED) is 0.120. The lowest BCUT2D eigenvalue weighted by Crippen LogP contribution is -2.11. The molecule has 3 heterocycles. The summed E-state index contributed by atoms with van der Waals surface area (Å²) in [6.07, 6.45) is 0. The minimum absolute atomic E-state index is 0.368. The molecule has 5 heteroatoms. The lowest BCUT2D eigenvalue weighted by atomic mass is 9.93. The van der Waals surface area contributed by atoms with Crippen molar-refractivity contribution in [3.05, 3.63) is 211 Å². The van der Waals surface area contributed by atoms with E-state index in [1.54, 1.807) is 0 Å². The van der Waals surface area contributed by atoms with E-state index in [-0.39, 0.29) is 0 Å². The number of rotatable bonds is 5. The van der Waals surface area contributed by atoms with Gasteiger partial charge in [-0.2, -0.15) is 0 Å². The molecule has 0 bridgehead atoms. The molecule has 0 saturated heterocycles. The van der Waals surface area contributed by atoms with Crippen LogP contribution >= 0.6 is 0 Å². The van der Waals surface area contributed by atoms with Crippen LogP contribution in [0.15, 0.2) is 200 Å². The molecule has 12 rings (SSSR count). The molecule has 1 atom stereocenters. The molecule has 0 amide bonds. The van der Waals surface area contributed by atoms with Gasteiger partial charge in [-0.1, -0.05) is 158 Å². The second-order valence-electron chi connectivity index (χ2n) is 15.8. The summed E-state index contributed by atoms with van der Waals surface area (Å²) in [7, 11) is 1.97. The number of nitrogens with zero attached hydrogens (tertiary/aromatic N) is 2. The average Bonchev–Trinajstić information content (AvgIpc) is 3.80. The van der Waals surface area contributed by atoms with Gasteiger partial charge in [0.25, 0.3) is 0 Å². The summed E-state index contributed by atoms with van der Waals surface area (Å²) in [5, 5.41) is 22.7. The van der Waals surface area contributed by atoms with Crippen molar-refractivity contribution in [2.45, 2.75) is 13.0 Å². The normalized spacial score (nSPS) is 12.2. The van der Waals surface area contributed by atoms with E-state index in [1.807, 2.05) is 49.5 Å². The Balaban J connectivity index is 0.000000373. The fourth-order valence-corrected chi connectivity index (χ4v) is 9.39. The monoisotopic (exact) mass is 785 g/mol. The number of fused-ring (bicyclic) bond motifs is 13. The molecule has 0 fully saturated rings. The van der Waals surface area contributed by atoms with Crippen molar-refractivity contribution in [1.29, 1.82) is 5.41 Å². The van der Waals surface area contributed by atoms with Crippen LogP contribution in [0.1, 0.15) is 24.1 Å². The van der Waals surface area contributed by atoms with Crippen LogP contribution in [0.4, 0.5) is 5.69 Å². The molecular weight excluding hydrogens is 743 g/mol. The van der Waals surface area contributed by atoms with E-state index >= 15 is 0 Å². The van der Waals surface area contributed by atoms with Gasteiger partial charge in [0.1, 0.15) is 5.84 Å². The first-order valence-electron chi connectivity index (χ1n) is 20.9. The summed E-state index contributed by atoms with van der Waals surface area (Å²) in [6.45, 7) is 2.15. The van der Waals surface area contributed by atoms with E-state index in [0.717, 1.165) is 28.0 Å². The number of benzene rings is 9. The highest BCUT2D eigenvalue weighted by atomic mass is 15.0. The Labute approximate surface area is 354 Å². The molecule has 0 radical (unpaired) electrons. The average molecular weight is 786 g/mol. The fourth-order valence-electron chi connectivity index (χ4n) is 9.39. The molecule has 3 N–H and O–H groups in total. The van der Waals surface area contributed by atoms with E-state index in [0.29, 0.717) is 11.9 Å². The van der Waals surface area contributed by atoms with Gasteiger partial charge in [-0.25, -0.2) is 0 Å². The van der Waals surface area contributed by atoms with Gasteiger partial charge in [0.05, 0.1) is 27.8 Å². The van der Waals surface area contributed by atoms with E-state index in [9.17, 15) is 0 Å². The van der Waals surface area contributed by atoms with Gasteiger partial charge in [-0.15, -0.1) is 0 Å². The van der Waals surface area contributed by atoms with E-state index in [4.69, 9.17) is 5.41 Å². The van der Waals surface area contributed by atoms with Crippen LogP contribution in [-0.4, -0.2) is 22.0 Å². The van der Waals surface area contributed by atoms with Crippen LogP contribution in [0.25, 0.3) is 88.0 Å². The summed E-state index contributed by atoms with van der Waals surface area (Å²) < 4.78 is 4.90. The Morgan fingerprint density at radius 3 is 1.95 bits per heavy atom. The van der Waals surface area contributed by atoms with Crippen molar-refractivity contribution < 1.29 is 0 Å². The molecule has 0 aliphatic carbocycles. The van der Waals surface area contributed by atoms with Crippen molar-refractivity contribution in [2.24, 2.45) is 0 Å². The van der Waals surface area contributed by atoms with Crippen LogP contribution in [0.5, 0.6) is 0 Å². The second kappa shape index (κ2) is 14.8. The van der Waals surface area contributed by atoms with Crippen LogP contribution < -0.4 is 10.6 Å². The maximum atomic E-state index is 8.79. The zero-order chi connectivity index (χ0) is 41.0. The van der Waals surface area contributed by atoms with Crippen molar-refractivity contribution in [3.8, 4) is 33.6 Å². The molecule has 1 aliphatic rings. The zero-order valence-electron chi connectivity index (χ0n) is 34.0. The number of hydrogen-bond acceptors (Lipinski definition) is 2. The van der Waals surface area contributed by atoms with Crippen molar-refractivity contribution >= 4 is 65.9 Å². The summed E-state index contributed by atoms with van der Waals surface area (Å²) in [5.41, 5.74) is 14.9. The highest BCUT2D eigenvalue weighted by Gasteiger charge is 2.26. The number of hydrogen-bond donors (Lipinski definition) is 3. The lowest BCUT2D eigenvalue weighted by molar-refractivity contribution is 0.652. The van der Waals surface area contributed by atoms with Gasteiger partial charge in [-0.3, -0.25) is 5.41 Å². The van der Waals surface area contributed by atoms with E-state index in [2.05, 4.69) is 184 Å². The van der Waals surface area contributed by atoms with Gasteiger partial charge >= 0.3 is 0 Å². The largest absolute Gasteiger partial charge is 0.340 e. The van der Waals surface area contributed by atoms with E-state index < -0.39 is 0 Å². The smallest absolute Gasteiger partial charge is 0.129 e. The third-order valence-electron chi connectivity index (χ3n) is 12.4. The number of aromatic nitrogens is 2. The van der Waals surface area contributed by atoms with Gasteiger partial charge in [0.2, 0.25) is 0 Å². The minimum Gasteiger partial charge on any atom is -0.340 e. The zero-order valence-corrected chi connectivity index (χ0v) is 34.0. The first kappa shape index (κ1) is 36.4. The highest BCUT2D eigenvalue weighted by Crippen LogP contribution is 2.49. The third kappa shape index (κ3) is 6.01. The van der Waals surface area contributed by atoms with Gasteiger partial charge in [-0.05, 0) is 83.9 Å². The van der Waals surface area contributed by atoms with Crippen LogP contribution in [-0.2, 0) is 0 Å². The number of nitrogens with one attached hydrogen (secondary N) is 3. The third-order valence-corrected chi connectivity index (χ3v) is 12.4. The first-order valence-corrected chi connectivity index (χ1v) is 20.9. The topological polar surface area (TPSA) is 57.8 Å². The Kier molecular flexibility index (Phi) is 8.84. The molecule has 9 aromatic carbocycles. The van der Waals surface area contributed by atoms with Crippen LogP contribution in [0.2, 0.25) is 0 Å². The van der Waals surface area contributed by atoms with Crippen molar-refractivity contribution in [2.75, 3.05) is 12.4 Å². The molecule has 292 valence electrons. The van der Waals surface area contributed by atoms with Crippen LogP contribution in [0, 0.1) is 5.41 Å². The molecular formula is C56H43N5. The predicted molar refractivity (Wildman–Crippen MR) is 258 cm³/mol. The fraction of sp³-hybridized carbons (Fsp3) is 0.0536. The Hall–Kier alpha value is -7.73.